The van der Waals surface area contributed by atoms with Crippen LogP contribution in [0.25, 0.3) is 0 Å². The van der Waals surface area contributed by atoms with Gasteiger partial charge in [0, 0.05) is 5.54 Å². The average Bonchev–Trinajstić information content (AvgIpc) is 2.09. The van der Waals surface area contributed by atoms with Gasteiger partial charge in [-0.25, -0.2) is 0 Å². The van der Waals surface area contributed by atoms with Gasteiger partial charge < -0.3 is 5.32 Å². The van der Waals surface area contributed by atoms with Crippen molar-refractivity contribution in [1.82, 2.24) is 5.32 Å². The molecule has 0 spiro atoms. The Morgan fingerprint density at radius 2 is 1.57 bits per heavy atom. The Bertz CT molecular complexity index is 131. The Balaban J connectivity index is 3.69. The highest BCUT2D eigenvalue weighted by molar-refractivity contribution is 4.72. The van der Waals surface area contributed by atoms with E-state index < -0.39 is 0 Å². The lowest BCUT2D eigenvalue weighted by Gasteiger charge is -2.25. The van der Waals surface area contributed by atoms with Gasteiger partial charge in [-0.05, 0) is 45.6 Å². The summed E-state index contributed by atoms with van der Waals surface area (Å²) >= 11 is 0. The van der Waals surface area contributed by atoms with Crippen LogP contribution in [0.15, 0.2) is 0 Å². The molecule has 0 fully saturated rings. The molecule has 0 aliphatic rings. The zero-order valence-electron chi connectivity index (χ0n) is 11.0. The molecule has 0 rings (SSSR count). The minimum atomic E-state index is 0.266. The summed E-state index contributed by atoms with van der Waals surface area (Å²) in [6, 6.07) is 0. The highest BCUT2D eigenvalue weighted by atomic mass is 14.9. The second kappa shape index (κ2) is 6.44. The number of nitrogens with one attached hydrogen (secondary N) is 1. The molecule has 14 heavy (non-hydrogen) atoms. The van der Waals surface area contributed by atoms with Crippen LogP contribution in [0.3, 0.4) is 0 Å². The SMILES string of the molecule is CCC(CC)CC(C)CNC(C)(C)C. The van der Waals surface area contributed by atoms with E-state index in [0.29, 0.717) is 0 Å². The summed E-state index contributed by atoms with van der Waals surface area (Å²) < 4.78 is 0. The van der Waals surface area contributed by atoms with Gasteiger partial charge in [-0.1, -0.05) is 33.6 Å². The van der Waals surface area contributed by atoms with Gasteiger partial charge in [-0.15, -0.1) is 0 Å². The zero-order chi connectivity index (χ0) is 11.2. The van der Waals surface area contributed by atoms with Crippen molar-refractivity contribution in [3.05, 3.63) is 0 Å². The molecule has 0 aromatic heterocycles. The first kappa shape index (κ1) is 14.0. The van der Waals surface area contributed by atoms with E-state index in [1.165, 1.54) is 19.3 Å². The fourth-order valence-electron chi connectivity index (χ4n) is 1.75. The van der Waals surface area contributed by atoms with E-state index in [-0.39, 0.29) is 5.54 Å². The molecule has 0 aromatic carbocycles. The lowest BCUT2D eigenvalue weighted by Crippen LogP contribution is -2.38. The monoisotopic (exact) mass is 199 g/mol. The van der Waals surface area contributed by atoms with E-state index in [4.69, 9.17) is 0 Å². The number of rotatable bonds is 6. The Hall–Kier alpha value is -0.0400. The quantitative estimate of drug-likeness (QED) is 0.685. The van der Waals surface area contributed by atoms with E-state index in [9.17, 15) is 0 Å². The molecule has 86 valence electrons. The van der Waals surface area contributed by atoms with Gasteiger partial charge >= 0.3 is 0 Å². The highest BCUT2D eigenvalue weighted by Gasteiger charge is 2.13. The Morgan fingerprint density at radius 3 is 1.93 bits per heavy atom. The van der Waals surface area contributed by atoms with Gasteiger partial charge in [0.2, 0.25) is 0 Å². The Labute approximate surface area is 90.7 Å². The molecule has 0 heterocycles. The van der Waals surface area contributed by atoms with Crippen LogP contribution in [-0.4, -0.2) is 12.1 Å². The van der Waals surface area contributed by atoms with Gasteiger partial charge in [-0.2, -0.15) is 0 Å². The van der Waals surface area contributed by atoms with E-state index in [2.05, 4.69) is 46.9 Å². The first-order valence-electron chi connectivity index (χ1n) is 6.14. The van der Waals surface area contributed by atoms with Crippen molar-refractivity contribution in [3.8, 4) is 0 Å². The molecule has 0 saturated carbocycles. The van der Waals surface area contributed by atoms with Crippen molar-refractivity contribution in [3.63, 3.8) is 0 Å². The van der Waals surface area contributed by atoms with Gasteiger partial charge in [0.05, 0.1) is 0 Å². The molecule has 0 aliphatic heterocycles. The standard InChI is InChI=1S/C13H29N/c1-7-12(8-2)9-11(3)10-14-13(4,5)6/h11-12,14H,7-10H2,1-6H3. The molecule has 0 amide bonds. The summed E-state index contributed by atoms with van der Waals surface area (Å²) in [5.74, 6) is 1.73. The molecular formula is C13H29N. The summed E-state index contributed by atoms with van der Waals surface area (Å²) in [6.45, 7) is 14.8. The predicted octanol–water partition coefficient (Wildman–Crippen LogP) is 3.84. The van der Waals surface area contributed by atoms with Crippen LogP contribution in [-0.2, 0) is 0 Å². The van der Waals surface area contributed by atoms with Crippen molar-refractivity contribution in [1.29, 1.82) is 0 Å². The molecule has 1 atom stereocenters. The third-order valence-electron chi connectivity index (χ3n) is 2.87. The summed E-state index contributed by atoms with van der Waals surface area (Å²) in [4.78, 5) is 0. The molecule has 0 bridgehead atoms. The Morgan fingerprint density at radius 1 is 1.07 bits per heavy atom. The zero-order valence-corrected chi connectivity index (χ0v) is 11.0. The maximum absolute atomic E-state index is 3.58. The normalized spacial score (nSPS) is 14.8. The topological polar surface area (TPSA) is 12.0 Å². The third kappa shape index (κ3) is 7.37. The first-order chi connectivity index (χ1) is 6.39. The lowest BCUT2D eigenvalue weighted by molar-refractivity contribution is 0.323. The molecule has 1 N–H and O–H groups in total. The Kier molecular flexibility index (Phi) is 6.43. The summed E-state index contributed by atoms with van der Waals surface area (Å²) in [6.07, 6.45) is 4.03. The van der Waals surface area contributed by atoms with E-state index in [0.717, 1.165) is 18.4 Å². The fourth-order valence-corrected chi connectivity index (χ4v) is 1.75. The largest absolute Gasteiger partial charge is 0.312 e. The van der Waals surface area contributed by atoms with Crippen LogP contribution >= 0.6 is 0 Å². The van der Waals surface area contributed by atoms with E-state index >= 15 is 0 Å². The third-order valence-corrected chi connectivity index (χ3v) is 2.87. The average molecular weight is 199 g/mol. The summed E-state index contributed by atoms with van der Waals surface area (Å²) in [7, 11) is 0. The second-order valence-corrected chi connectivity index (χ2v) is 5.65. The molecule has 0 saturated heterocycles. The van der Waals surface area contributed by atoms with Gasteiger partial charge in [-0.3, -0.25) is 0 Å². The van der Waals surface area contributed by atoms with Crippen LogP contribution in [0.1, 0.15) is 60.8 Å². The molecule has 0 aliphatic carbocycles. The second-order valence-electron chi connectivity index (χ2n) is 5.65. The maximum atomic E-state index is 3.58. The van der Waals surface area contributed by atoms with Crippen LogP contribution < -0.4 is 5.32 Å². The van der Waals surface area contributed by atoms with Crippen LogP contribution in [0.2, 0.25) is 0 Å². The van der Waals surface area contributed by atoms with Crippen molar-refractivity contribution < 1.29 is 0 Å². The molecule has 0 aromatic rings. The van der Waals surface area contributed by atoms with Gasteiger partial charge in [0.1, 0.15) is 0 Å². The van der Waals surface area contributed by atoms with Crippen molar-refractivity contribution in [2.24, 2.45) is 11.8 Å². The molecular weight excluding hydrogens is 170 g/mol. The van der Waals surface area contributed by atoms with Crippen molar-refractivity contribution in [2.75, 3.05) is 6.54 Å². The number of hydrogen-bond donors (Lipinski definition) is 1. The van der Waals surface area contributed by atoms with Crippen LogP contribution in [0.5, 0.6) is 0 Å². The van der Waals surface area contributed by atoms with Crippen LogP contribution in [0, 0.1) is 11.8 Å². The summed E-state index contributed by atoms with van der Waals surface area (Å²) in [5.41, 5.74) is 0.266. The summed E-state index contributed by atoms with van der Waals surface area (Å²) in [5, 5.41) is 3.58. The minimum absolute atomic E-state index is 0.266. The van der Waals surface area contributed by atoms with Gasteiger partial charge in [0.15, 0.2) is 0 Å². The molecule has 0 radical (unpaired) electrons. The number of hydrogen-bond acceptors (Lipinski definition) is 1. The van der Waals surface area contributed by atoms with Gasteiger partial charge in [0.25, 0.3) is 0 Å². The van der Waals surface area contributed by atoms with E-state index in [1.807, 2.05) is 0 Å². The van der Waals surface area contributed by atoms with E-state index in [1.54, 1.807) is 0 Å². The fraction of sp³-hybridized carbons (Fsp3) is 1.00. The first-order valence-corrected chi connectivity index (χ1v) is 6.14. The molecule has 1 unspecified atom stereocenters. The van der Waals surface area contributed by atoms with Crippen molar-refractivity contribution >= 4 is 0 Å². The predicted molar refractivity (Wildman–Crippen MR) is 65.6 cm³/mol. The molecule has 1 nitrogen and oxygen atoms in total. The molecule has 1 heteroatoms. The highest BCUT2D eigenvalue weighted by Crippen LogP contribution is 2.18. The lowest BCUT2D eigenvalue weighted by atomic mass is 9.91. The smallest absolute Gasteiger partial charge is 0.00966 e. The van der Waals surface area contributed by atoms with Crippen molar-refractivity contribution in [2.45, 2.75) is 66.3 Å². The maximum Gasteiger partial charge on any atom is 0.00966 e. The van der Waals surface area contributed by atoms with Crippen LogP contribution in [0.4, 0.5) is 0 Å². The minimum Gasteiger partial charge on any atom is -0.312 e.